The van der Waals surface area contributed by atoms with E-state index in [0.717, 1.165) is 15.7 Å². The van der Waals surface area contributed by atoms with E-state index in [0.29, 0.717) is 19.7 Å². The zero-order valence-electron chi connectivity index (χ0n) is 11.6. The zero-order valence-corrected chi connectivity index (χ0v) is 13.2. The summed E-state index contributed by atoms with van der Waals surface area (Å²) in [6.45, 7) is 1.42. The van der Waals surface area contributed by atoms with Crippen molar-refractivity contribution in [3.8, 4) is 0 Å². The number of nitrogens with zero attached hydrogens (tertiary/aromatic N) is 1. The molecule has 0 spiro atoms. The minimum Gasteiger partial charge on any atom is -0.383 e. The molecule has 21 heavy (non-hydrogen) atoms. The van der Waals surface area contributed by atoms with E-state index < -0.39 is 0 Å². The monoisotopic (exact) mass is 354 g/mol. The first-order valence-corrected chi connectivity index (χ1v) is 7.26. The lowest BCUT2D eigenvalue weighted by atomic mass is 10.2. The van der Waals surface area contributed by atoms with Crippen LogP contribution in [-0.4, -0.2) is 18.3 Å². The van der Waals surface area contributed by atoms with Crippen molar-refractivity contribution in [1.82, 2.24) is 4.57 Å². The summed E-state index contributed by atoms with van der Waals surface area (Å²) in [4.78, 5) is 11.7. The summed E-state index contributed by atoms with van der Waals surface area (Å²) in [5.74, 6) is -0.278. The van der Waals surface area contributed by atoms with Gasteiger partial charge in [0.2, 0.25) is 0 Å². The lowest BCUT2D eigenvalue weighted by Gasteiger charge is -2.11. The molecule has 112 valence electrons. The molecule has 0 amide bonds. The molecule has 0 atom stereocenters. The van der Waals surface area contributed by atoms with Gasteiger partial charge in [-0.25, -0.2) is 4.39 Å². The number of aromatic nitrogens is 1. The third-order valence-corrected chi connectivity index (χ3v) is 3.78. The number of nitrogens with one attached hydrogen (secondary N) is 1. The Balaban J connectivity index is 2.09. The van der Waals surface area contributed by atoms with Crippen LogP contribution in [-0.2, 0) is 17.8 Å². The van der Waals surface area contributed by atoms with Crippen LogP contribution in [0.2, 0.25) is 0 Å². The van der Waals surface area contributed by atoms with Gasteiger partial charge in [-0.2, -0.15) is 0 Å². The van der Waals surface area contributed by atoms with E-state index in [1.54, 1.807) is 30.0 Å². The maximum absolute atomic E-state index is 13.2. The average molecular weight is 355 g/mol. The summed E-state index contributed by atoms with van der Waals surface area (Å²) in [6, 6.07) is 7.75. The van der Waals surface area contributed by atoms with E-state index in [9.17, 15) is 9.18 Å². The molecule has 0 aliphatic heterocycles. The summed E-state index contributed by atoms with van der Waals surface area (Å²) < 4.78 is 20.6. The number of pyridine rings is 1. The molecule has 2 rings (SSSR count). The molecule has 0 aliphatic rings. The number of hydrogen-bond donors (Lipinski definition) is 1. The first kappa shape index (κ1) is 15.7. The van der Waals surface area contributed by atoms with Gasteiger partial charge >= 0.3 is 0 Å². The van der Waals surface area contributed by atoms with Crippen molar-refractivity contribution >= 4 is 21.6 Å². The van der Waals surface area contributed by atoms with Crippen molar-refractivity contribution < 1.29 is 9.13 Å². The maximum atomic E-state index is 13.2. The lowest BCUT2D eigenvalue weighted by Crippen LogP contribution is -2.21. The van der Waals surface area contributed by atoms with Gasteiger partial charge in [0.15, 0.2) is 0 Å². The first-order valence-electron chi connectivity index (χ1n) is 6.47. The molecule has 2 aromatic rings. The topological polar surface area (TPSA) is 43.3 Å². The highest BCUT2D eigenvalue weighted by molar-refractivity contribution is 9.10. The van der Waals surface area contributed by atoms with Crippen LogP contribution in [0.1, 0.15) is 5.56 Å². The molecule has 1 aromatic heterocycles. The van der Waals surface area contributed by atoms with Crippen LogP contribution in [0.5, 0.6) is 0 Å². The Kier molecular flexibility index (Phi) is 5.52. The number of hydrogen-bond acceptors (Lipinski definition) is 3. The van der Waals surface area contributed by atoms with Gasteiger partial charge in [-0.05, 0) is 29.8 Å². The van der Waals surface area contributed by atoms with Gasteiger partial charge in [0, 0.05) is 36.9 Å². The van der Waals surface area contributed by atoms with Crippen LogP contribution in [0.15, 0.2) is 45.8 Å². The predicted molar refractivity (Wildman–Crippen MR) is 84.0 cm³/mol. The fraction of sp³-hybridized carbons (Fsp3) is 0.267. The minimum atomic E-state index is -0.278. The summed E-state index contributed by atoms with van der Waals surface area (Å²) in [6.07, 6.45) is 1.73. The highest BCUT2D eigenvalue weighted by Crippen LogP contribution is 2.19. The number of benzene rings is 1. The van der Waals surface area contributed by atoms with Gasteiger partial charge in [0.25, 0.3) is 5.56 Å². The van der Waals surface area contributed by atoms with Crippen LogP contribution < -0.4 is 10.9 Å². The first-order chi connectivity index (χ1) is 10.1. The Labute approximate surface area is 130 Å². The predicted octanol–water partition coefficient (Wildman–Crippen LogP) is 3.01. The van der Waals surface area contributed by atoms with Crippen molar-refractivity contribution in [3.63, 3.8) is 0 Å². The van der Waals surface area contributed by atoms with Crippen molar-refractivity contribution in [3.05, 3.63) is 62.7 Å². The van der Waals surface area contributed by atoms with Crippen molar-refractivity contribution in [2.24, 2.45) is 0 Å². The van der Waals surface area contributed by atoms with E-state index in [1.807, 2.05) is 0 Å². The second kappa shape index (κ2) is 7.38. The van der Waals surface area contributed by atoms with Gasteiger partial charge in [0.1, 0.15) is 5.82 Å². The zero-order chi connectivity index (χ0) is 15.2. The number of methoxy groups -OCH3 is 1. The van der Waals surface area contributed by atoms with Crippen LogP contribution in [0.3, 0.4) is 0 Å². The highest BCUT2D eigenvalue weighted by atomic mass is 79.9. The van der Waals surface area contributed by atoms with E-state index in [2.05, 4.69) is 21.2 Å². The van der Waals surface area contributed by atoms with Crippen molar-refractivity contribution in [1.29, 1.82) is 0 Å². The molecule has 0 saturated carbocycles. The average Bonchev–Trinajstić information content (AvgIpc) is 2.48. The second-order valence-corrected chi connectivity index (χ2v) is 5.39. The molecule has 0 radical (unpaired) electrons. The van der Waals surface area contributed by atoms with Gasteiger partial charge in [-0.3, -0.25) is 4.79 Å². The smallest absolute Gasteiger partial charge is 0.250 e. The second-order valence-electron chi connectivity index (χ2n) is 4.53. The van der Waals surface area contributed by atoms with Gasteiger partial charge in [0.05, 0.1) is 12.3 Å². The van der Waals surface area contributed by atoms with Gasteiger partial charge in [-0.1, -0.05) is 15.9 Å². The van der Waals surface area contributed by atoms with Gasteiger partial charge in [-0.15, -0.1) is 0 Å². The Morgan fingerprint density at radius 2 is 2.14 bits per heavy atom. The molecule has 6 heteroatoms. The third-order valence-electron chi connectivity index (χ3n) is 3.01. The molecule has 0 unspecified atom stereocenters. The fourth-order valence-corrected chi connectivity index (χ4v) is 2.26. The molecule has 1 aromatic carbocycles. The fourth-order valence-electron chi connectivity index (χ4n) is 1.88. The van der Waals surface area contributed by atoms with E-state index in [1.165, 1.54) is 18.2 Å². The number of ether oxygens (including phenoxy) is 1. The lowest BCUT2D eigenvalue weighted by molar-refractivity contribution is 0.186. The summed E-state index contributed by atoms with van der Waals surface area (Å²) in [5, 5.41) is 3.18. The number of halogens is 2. The largest absolute Gasteiger partial charge is 0.383 e. The molecule has 0 aliphatic carbocycles. The van der Waals surface area contributed by atoms with Gasteiger partial charge < -0.3 is 14.6 Å². The van der Waals surface area contributed by atoms with E-state index in [-0.39, 0.29) is 11.4 Å². The van der Waals surface area contributed by atoms with Crippen LogP contribution >= 0.6 is 15.9 Å². The number of anilines is 1. The van der Waals surface area contributed by atoms with E-state index >= 15 is 0 Å². The summed E-state index contributed by atoms with van der Waals surface area (Å²) >= 11 is 3.39. The Morgan fingerprint density at radius 1 is 1.33 bits per heavy atom. The Morgan fingerprint density at radius 3 is 2.90 bits per heavy atom. The summed E-state index contributed by atoms with van der Waals surface area (Å²) in [7, 11) is 1.59. The normalized spacial score (nSPS) is 10.6. The van der Waals surface area contributed by atoms with Crippen molar-refractivity contribution in [2.75, 3.05) is 19.0 Å². The molecular formula is C15H16BrFN2O2. The highest BCUT2D eigenvalue weighted by Gasteiger charge is 2.03. The summed E-state index contributed by atoms with van der Waals surface area (Å²) in [5.41, 5.74) is 1.52. The maximum Gasteiger partial charge on any atom is 0.250 e. The SMILES string of the molecule is COCCn1cc(NCc2cc(F)ccc2Br)ccc1=O. The Bertz CT molecular complexity index is 673. The molecular weight excluding hydrogens is 339 g/mol. The standard InChI is InChI=1S/C15H16BrFN2O2/c1-21-7-6-19-10-13(3-5-15(19)20)18-9-11-8-12(17)2-4-14(11)16/h2-5,8,10,18H,6-7,9H2,1H3. The molecule has 1 N–H and O–H groups in total. The third kappa shape index (κ3) is 4.41. The van der Waals surface area contributed by atoms with Crippen LogP contribution in [0, 0.1) is 5.82 Å². The molecule has 0 saturated heterocycles. The molecule has 4 nitrogen and oxygen atoms in total. The molecule has 0 bridgehead atoms. The van der Waals surface area contributed by atoms with Crippen LogP contribution in [0.4, 0.5) is 10.1 Å². The minimum absolute atomic E-state index is 0.0791. The van der Waals surface area contributed by atoms with E-state index in [4.69, 9.17) is 4.74 Å². The van der Waals surface area contributed by atoms with Crippen LogP contribution in [0.25, 0.3) is 0 Å². The number of rotatable bonds is 6. The molecule has 1 heterocycles. The Hall–Kier alpha value is -1.66. The molecule has 0 fully saturated rings. The van der Waals surface area contributed by atoms with Crippen molar-refractivity contribution in [2.45, 2.75) is 13.1 Å². The quantitative estimate of drug-likeness (QED) is 0.866.